The van der Waals surface area contributed by atoms with Gasteiger partial charge in [-0.1, -0.05) is 36.4 Å². The minimum Gasteiger partial charge on any atom is -0.338 e. The molecule has 1 fully saturated rings. The van der Waals surface area contributed by atoms with Gasteiger partial charge in [-0.25, -0.2) is 15.0 Å². The van der Waals surface area contributed by atoms with Gasteiger partial charge in [0.25, 0.3) is 0 Å². The summed E-state index contributed by atoms with van der Waals surface area (Å²) in [6.07, 6.45) is 5.50. The second kappa shape index (κ2) is 9.51. The Labute approximate surface area is 183 Å². The number of aryl methyl sites for hydroxylation is 2. The predicted molar refractivity (Wildman–Crippen MR) is 123 cm³/mol. The van der Waals surface area contributed by atoms with Gasteiger partial charge in [0.2, 0.25) is 5.91 Å². The van der Waals surface area contributed by atoms with Gasteiger partial charge in [0.05, 0.1) is 5.69 Å². The van der Waals surface area contributed by atoms with Crippen molar-refractivity contribution >= 4 is 23.6 Å². The number of nitrogens with one attached hydrogen (secondary N) is 1. The highest BCUT2D eigenvalue weighted by molar-refractivity contribution is 5.91. The van der Waals surface area contributed by atoms with Crippen LogP contribution in [-0.2, 0) is 4.79 Å². The van der Waals surface area contributed by atoms with Crippen molar-refractivity contribution in [3.05, 3.63) is 83.4 Å². The first-order valence-corrected chi connectivity index (χ1v) is 10.6. The van der Waals surface area contributed by atoms with Gasteiger partial charge >= 0.3 is 0 Å². The standard InChI is InChI=1S/C25H27N5O/c1-18-8-6-12-23(26-18)29-24-16-22(27-19(2)28-24)21-11-7-15-30(17-21)25(31)14-13-20-9-4-3-5-10-20/h3-6,8-10,12-14,16,21H,7,11,15,17H2,1-2H3,(H,26,27,28,29)/b14-13+/t21-/m0/s1. The van der Waals surface area contributed by atoms with Crippen LogP contribution in [0.2, 0.25) is 0 Å². The molecular formula is C25H27N5O. The number of carbonyl (C=O) groups excluding carboxylic acids is 1. The van der Waals surface area contributed by atoms with Crippen molar-refractivity contribution < 1.29 is 4.79 Å². The molecule has 0 unspecified atom stereocenters. The van der Waals surface area contributed by atoms with Gasteiger partial charge in [-0.15, -0.1) is 0 Å². The molecule has 0 radical (unpaired) electrons. The van der Waals surface area contributed by atoms with Crippen molar-refractivity contribution in [1.29, 1.82) is 0 Å². The van der Waals surface area contributed by atoms with Crippen LogP contribution in [0.3, 0.4) is 0 Å². The number of amides is 1. The Hall–Kier alpha value is -3.54. The van der Waals surface area contributed by atoms with Crippen LogP contribution in [0.4, 0.5) is 11.6 Å². The number of pyridine rings is 1. The zero-order valence-electron chi connectivity index (χ0n) is 18.0. The lowest BCUT2D eigenvalue weighted by atomic mass is 9.94. The first-order chi connectivity index (χ1) is 15.1. The zero-order valence-corrected chi connectivity index (χ0v) is 18.0. The molecule has 1 aromatic carbocycles. The summed E-state index contributed by atoms with van der Waals surface area (Å²) in [5.74, 6) is 2.43. The van der Waals surface area contributed by atoms with Crippen LogP contribution < -0.4 is 5.32 Å². The number of likely N-dealkylation sites (tertiary alicyclic amines) is 1. The molecule has 1 saturated heterocycles. The van der Waals surface area contributed by atoms with Crippen LogP contribution in [0.1, 0.15) is 41.5 Å². The van der Waals surface area contributed by atoms with E-state index in [2.05, 4.69) is 20.3 Å². The Morgan fingerprint density at radius 1 is 1.03 bits per heavy atom. The van der Waals surface area contributed by atoms with E-state index < -0.39 is 0 Å². The molecule has 1 aliphatic heterocycles. The minimum atomic E-state index is 0.0432. The zero-order chi connectivity index (χ0) is 21.6. The van der Waals surface area contributed by atoms with Gasteiger partial charge in [0.15, 0.2) is 0 Å². The Morgan fingerprint density at radius 2 is 1.87 bits per heavy atom. The van der Waals surface area contributed by atoms with Crippen molar-refractivity contribution in [1.82, 2.24) is 19.9 Å². The molecule has 2 aromatic heterocycles. The number of rotatable bonds is 5. The molecule has 1 aliphatic rings. The molecule has 4 rings (SSSR count). The van der Waals surface area contributed by atoms with Gasteiger partial charge in [0, 0.05) is 36.8 Å². The topological polar surface area (TPSA) is 71.0 Å². The van der Waals surface area contributed by atoms with Gasteiger partial charge in [-0.2, -0.15) is 0 Å². The molecule has 1 atom stereocenters. The number of nitrogens with zero attached hydrogens (tertiary/aromatic N) is 4. The molecule has 158 valence electrons. The number of benzene rings is 1. The third-order valence-corrected chi connectivity index (χ3v) is 5.37. The van der Waals surface area contributed by atoms with Crippen molar-refractivity contribution in [2.24, 2.45) is 0 Å². The molecular weight excluding hydrogens is 386 g/mol. The fourth-order valence-electron chi connectivity index (χ4n) is 3.86. The maximum atomic E-state index is 12.7. The highest BCUT2D eigenvalue weighted by atomic mass is 16.2. The van der Waals surface area contributed by atoms with Crippen molar-refractivity contribution in [2.75, 3.05) is 18.4 Å². The van der Waals surface area contributed by atoms with Crippen LogP contribution in [0.25, 0.3) is 6.08 Å². The molecule has 1 N–H and O–H groups in total. The molecule has 0 bridgehead atoms. The minimum absolute atomic E-state index is 0.0432. The largest absolute Gasteiger partial charge is 0.338 e. The maximum absolute atomic E-state index is 12.7. The van der Waals surface area contributed by atoms with E-state index in [-0.39, 0.29) is 11.8 Å². The molecule has 3 heterocycles. The predicted octanol–water partition coefficient (Wildman–Crippen LogP) is 4.65. The normalized spacial score (nSPS) is 16.5. The number of hydrogen-bond donors (Lipinski definition) is 1. The lowest BCUT2D eigenvalue weighted by Crippen LogP contribution is -2.38. The lowest BCUT2D eigenvalue weighted by molar-refractivity contribution is -0.127. The van der Waals surface area contributed by atoms with E-state index >= 15 is 0 Å². The number of aromatic nitrogens is 3. The van der Waals surface area contributed by atoms with E-state index in [1.165, 1.54) is 0 Å². The maximum Gasteiger partial charge on any atom is 0.246 e. The van der Waals surface area contributed by atoms with Gasteiger partial charge < -0.3 is 10.2 Å². The Morgan fingerprint density at radius 3 is 2.68 bits per heavy atom. The molecule has 1 amide bonds. The van der Waals surface area contributed by atoms with E-state index in [0.29, 0.717) is 12.4 Å². The van der Waals surface area contributed by atoms with E-state index in [4.69, 9.17) is 0 Å². The summed E-state index contributed by atoms with van der Waals surface area (Å²) in [6, 6.07) is 17.7. The molecule has 0 aliphatic carbocycles. The van der Waals surface area contributed by atoms with E-state index in [1.54, 1.807) is 6.08 Å². The highest BCUT2D eigenvalue weighted by Gasteiger charge is 2.25. The van der Waals surface area contributed by atoms with Crippen LogP contribution in [0.15, 0.2) is 60.7 Å². The second-order valence-corrected chi connectivity index (χ2v) is 7.88. The van der Waals surface area contributed by atoms with E-state index in [9.17, 15) is 4.79 Å². The average molecular weight is 414 g/mol. The Bertz CT molecular complexity index is 1080. The molecule has 6 heteroatoms. The fraction of sp³-hybridized carbons (Fsp3) is 0.280. The smallest absolute Gasteiger partial charge is 0.246 e. The Balaban J connectivity index is 1.47. The highest BCUT2D eigenvalue weighted by Crippen LogP contribution is 2.28. The lowest BCUT2D eigenvalue weighted by Gasteiger charge is -2.32. The molecule has 0 saturated carbocycles. The quantitative estimate of drug-likeness (QED) is 0.617. The van der Waals surface area contributed by atoms with E-state index in [0.717, 1.165) is 48.0 Å². The SMILES string of the molecule is Cc1cccc(Nc2cc([C@H]3CCCN(C(=O)/C=C/c4ccccc4)C3)nc(C)n2)n1. The van der Waals surface area contributed by atoms with Crippen molar-refractivity contribution in [2.45, 2.75) is 32.6 Å². The summed E-state index contributed by atoms with van der Waals surface area (Å²) >= 11 is 0. The summed E-state index contributed by atoms with van der Waals surface area (Å²) < 4.78 is 0. The van der Waals surface area contributed by atoms with Crippen LogP contribution in [0, 0.1) is 13.8 Å². The summed E-state index contributed by atoms with van der Waals surface area (Å²) in [5, 5.41) is 3.28. The number of carbonyl (C=O) groups is 1. The monoisotopic (exact) mass is 413 g/mol. The second-order valence-electron chi connectivity index (χ2n) is 7.88. The number of anilines is 2. The Kier molecular flexibility index (Phi) is 6.36. The van der Waals surface area contributed by atoms with Crippen molar-refractivity contribution in [3.63, 3.8) is 0 Å². The summed E-state index contributed by atoms with van der Waals surface area (Å²) in [7, 11) is 0. The number of hydrogen-bond acceptors (Lipinski definition) is 5. The van der Waals surface area contributed by atoms with Gasteiger partial charge in [0.1, 0.15) is 17.5 Å². The van der Waals surface area contributed by atoms with Crippen LogP contribution in [-0.4, -0.2) is 38.8 Å². The van der Waals surface area contributed by atoms with Gasteiger partial charge in [-0.05, 0) is 50.5 Å². The van der Waals surface area contributed by atoms with Crippen molar-refractivity contribution in [3.8, 4) is 0 Å². The first kappa shape index (κ1) is 20.7. The summed E-state index contributed by atoms with van der Waals surface area (Å²) in [6.45, 7) is 5.29. The third kappa shape index (κ3) is 5.54. The molecule has 6 nitrogen and oxygen atoms in total. The van der Waals surface area contributed by atoms with Crippen LogP contribution in [0.5, 0.6) is 0 Å². The third-order valence-electron chi connectivity index (χ3n) is 5.37. The molecule has 31 heavy (non-hydrogen) atoms. The molecule has 0 spiro atoms. The first-order valence-electron chi connectivity index (χ1n) is 10.6. The van der Waals surface area contributed by atoms with E-state index in [1.807, 2.05) is 79.4 Å². The molecule has 3 aromatic rings. The van der Waals surface area contributed by atoms with Gasteiger partial charge in [-0.3, -0.25) is 4.79 Å². The van der Waals surface area contributed by atoms with Crippen LogP contribution >= 0.6 is 0 Å². The summed E-state index contributed by atoms with van der Waals surface area (Å²) in [5.41, 5.74) is 2.93. The average Bonchev–Trinajstić information content (AvgIpc) is 2.78. The number of piperidine rings is 1. The summed E-state index contributed by atoms with van der Waals surface area (Å²) in [4.78, 5) is 28.3. The fourth-order valence-corrected chi connectivity index (χ4v) is 3.86.